The zero-order chi connectivity index (χ0) is 16.9. The van der Waals surface area contributed by atoms with Gasteiger partial charge in [0.1, 0.15) is 5.75 Å². The second-order valence-corrected chi connectivity index (χ2v) is 6.00. The SMILES string of the molecule is COc1ccc(C[C@](C)(N[C@@H](C)c2ccccc2)C(N)=O)cc1.Cl. The van der Waals surface area contributed by atoms with Crippen LogP contribution in [-0.4, -0.2) is 18.6 Å². The highest BCUT2D eigenvalue weighted by Gasteiger charge is 2.32. The van der Waals surface area contributed by atoms with Crippen LogP contribution in [-0.2, 0) is 11.2 Å². The Kier molecular flexibility index (Phi) is 7.26. The highest BCUT2D eigenvalue weighted by molar-refractivity contribution is 5.85. The molecule has 2 aromatic rings. The molecule has 2 rings (SSSR count). The monoisotopic (exact) mass is 348 g/mol. The van der Waals surface area contributed by atoms with E-state index < -0.39 is 5.54 Å². The van der Waals surface area contributed by atoms with Crippen LogP contribution in [0.3, 0.4) is 0 Å². The number of halogens is 1. The summed E-state index contributed by atoms with van der Waals surface area (Å²) in [6, 6.07) is 17.7. The molecule has 0 radical (unpaired) electrons. The van der Waals surface area contributed by atoms with E-state index in [0.717, 1.165) is 16.9 Å². The first-order valence-electron chi connectivity index (χ1n) is 7.70. The first-order chi connectivity index (χ1) is 10.9. The number of primary amides is 1. The summed E-state index contributed by atoms with van der Waals surface area (Å²) in [6.45, 7) is 3.88. The number of nitrogens with two attached hydrogens (primary N) is 1. The Morgan fingerprint density at radius 3 is 2.25 bits per heavy atom. The summed E-state index contributed by atoms with van der Waals surface area (Å²) in [6.07, 6.45) is 0.517. The third-order valence-corrected chi connectivity index (χ3v) is 4.10. The molecule has 1 amide bonds. The van der Waals surface area contributed by atoms with E-state index >= 15 is 0 Å². The number of nitrogens with one attached hydrogen (secondary N) is 1. The molecule has 0 saturated heterocycles. The molecule has 0 aliphatic rings. The van der Waals surface area contributed by atoms with Crippen LogP contribution in [0.2, 0.25) is 0 Å². The van der Waals surface area contributed by atoms with E-state index in [0.29, 0.717) is 6.42 Å². The number of amides is 1. The van der Waals surface area contributed by atoms with Crippen LogP contribution in [0, 0.1) is 0 Å². The van der Waals surface area contributed by atoms with E-state index in [1.807, 2.05) is 68.4 Å². The lowest BCUT2D eigenvalue weighted by atomic mass is 9.90. The summed E-state index contributed by atoms with van der Waals surface area (Å²) in [7, 11) is 1.63. The lowest BCUT2D eigenvalue weighted by Gasteiger charge is -2.31. The normalized spacial score (nSPS) is 14.1. The molecule has 0 fully saturated rings. The second-order valence-electron chi connectivity index (χ2n) is 6.00. The van der Waals surface area contributed by atoms with Crippen molar-refractivity contribution in [2.75, 3.05) is 7.11 Å². The summed E-state index contributed by atoms with van der Waals surface area (Å²) in [5.41, 5.74) is 6.99. The fourth-order valence-corrected chi connectivity index (χ4v) is 2.66. The molecule has 5 heteroatoms. The molecular weight excluding hydrogens is 324 g/mol. The van der Waals surface area contributed by atoms with Gasteiger partial charge in [0.25, 0.3) is 0 Å². The maximum absolute atomic E-state index is 12.1. The standard InChI is InChI=1S/C19H24N2O2.ClH/c1-14(16-7-5-4-6-8-16)21-19(2,18(20)22)13-15-9-11-17(23-3)12-10-15;/h4-12,14,21H,13H2,1-3H3,(H2,20,22);1H/t14-,19-;/m0./s1. The molecule has 0 spiro atoms. The maximum atomic E-state index is 12.1. The molecule has 0 aliphatic heterocycles. The summed E-state index contributed by atoms with van der Waals surface area (Å²) in [4.78, 5) is 12.1. The molecule has 2 atom stereocenters. The first-order valence-corrected chi connectivity index (χ1v) is 7.70. The zero-order valence-corrected chi connectivity index (χ0v) is 15.1. The third-order valence-electron chi connectivity index (χ3n) is 4.10. The van der Waals surface area contributed by atoms with Gasteiger partial charge in [0.15, 0.2) is 0 Å². The van der Waals surface area contributed by atoms with Gasteiger partial charge in [-0.2, -0.15) is 0 Å². The smallest absolute Gasteiger partial charge is 0.237 e. The minimum absolute atomic E-state index is 0. The van der Waals surface area contributed by atoms with Crippen molar-refractivity contribution in [3.05, 3.63) is 65.7 Å². The van der Waals surface area contributed by atoms with Gasteiger partial charge in [-0.3, -0.25) is 10.1 Å². The topological polar surface area (TPSA) is 64.3 Å². The van der Waals surface area contributed by atoms with Gasteiger partial charge in [0, 0.05) is 6.04 Å². The summed E-state index contributed by atoms with van der Waals surface area (Å²) in [5, 5.41) is 3.38. The second kappa shape index (κ2) is 8.71. The fraction of sp³-hybridized carbons (Fsp3) is 0.316. The van der Waals surface area contributed by atoms with Gasteiger partial charge in [0.05, 0.1) is 12.6 Å². The summed E-state index contributed by atoms with van der Waals surface area (Å²) < 4.78 is 5.16. The number of ether oxygens (including phenoxy) is 1. The van der Waals surface area contributed by atoms with Crippen molar-refractivity contribution in [3.8, 4) is 5.75 Å². The molecule has 0 saturated carbocycles. The molecule has 0 bridgehead atoms. The van der Waals surface area contributed by atoms with Crippen LogP contribution < -0.4 is 15.8 Å². The van der Waals surface area contributed by atoms with Crippen LogP contribution in [0.25, 0.3) is 0 Å². The van der Waals surface area contributed by atoms with Crippen molar-refractivity contribution >= 4 is 18.3 Å². The van der Waals surface area contributed by atoms with Gasteiger partial charge in [-0.25, -0.2) is 0 Å². The van der Waals surface area contributed by atoms with Gasteiger partial charge in [-0.1, -0.05) is 42.5 Å². The maximum Gasteiger partial charge on any atom is 0.237 e. The van der Waals surface area contributed by atoms with Crippen LogP contribution in [0.5, 0.6) is 5.75 Å². The van der Waals surface area contributed by atoms with Crippen molar-refractivity contribution in [3.63, 3.8) is 0 Å². The molecule has 3 N–H and O–H groups in total. The van der Waals surface area contributed by atoms with E-state index in [9.17, 15) is 4.79 Å². The van der Waals surface area contributed by atoms with Gasteiger partial charge < -0.3 is 10.5 Å². The molecular formula is C19H25ClN2O2. The largest absolute Gasteiger partial charge is 0.497 e. The van der Waals surface area contributed by atoms with E-state index in [1.54, 1.807) is 7.11 Å². The van der Waals surface area contributed by atoms with Gasteiger partial charge in [-0.05, 0) is 43.5 Å². The quantitative estimate of drug-likeness (QED) is 0.807. The molecule has 0 aliphatic carbocycles. The Labute approximate surface area is 149 Å². The van der Waals surface area contributed by atoms with Gasteiger partial charge in [-0.15, -0.1) is 12.4 Å². The van der Waals surface area contributed by atoms with E-state index in [1.165, 1.54) is 0 Å². The number of benzene rings is 2. The average Bonchev–Trinajstić information content (AvgIpc) is 2.56. The number of rotatable bonds is 7. The third kappa shape index (κ3) is 4.98. The molecule has 0 heterocycles. The van der Waals surface area contributed by atoms with E-state index in [4.69, 9.17) is 10.5 Å². The van der Waals surface area contributed by atoms with E-state index in [2.05, 4.69) is 5.32 Å². The highest BCUT2D eigenvalue weighted by atomic mass is 35.5. The molecule has 24 heavy (non-hydrogen) atoms. The van der Waals surface area contributed by atoms with Crippen molar-refractivity contribution in [2.24, 2.45) is 5.73 Å². The molecule has 4 nitrogen and oxygen atoms in total. The molecule has 2 aromatic carbocycles. The number of carbonyl (C=O) groups is 1. The number of methoxy groups -OCH3 is 1. The van der Waals surface area contributed by atoms with Crippen molar-refractivity contribution in [2.45, 2.75) is 31.8 Å². The minimum atomic E-state index is -0.830. The number of hydrogen-bond donors (Lipinski definition) is 2. The minimum Gasteiger partial charge on any atom is -0.497 e. The van der Waals surface area contributed by atoms with Gasteiger partial charge >= 0.3 is 0 Å². The fourth-order valence-electron chi connectivity index (χ4n) is 2.66. The number of carbonyl (C=O) groups excluding carboxylic acids is 1. The predicted octanol–water partition coefficient (Wildman–Crippen LogP) is 3.25. The Morgan fingerprint density at radius 1 is 1.17 bits per heavy atom. The van der Waals surface area contributed by atoms with Gasteiger partial charge in [0.2, 0.25) is 5.91 Å². The summed E-state index contributed by atoms with van der Waals surface area (Å²) >= 11 is 0. The van der Waals surface area contributed by atoms with Crippen LogP contribution >= 0.6 is 12.4 Å². The number of hydrogen-bond acceptors (Lipinski definition) is 3. The molecule has 0 unspecified atom stereocenters. The van der Waals surface area contributed by atoms with Crippen LogP contribution in [0.1, 0.15) is 31.0 Å². The zero-order valence-electron chi connectivity index (χ0n) is 14.3. The highest BCUT2D eigenvalue weighted by Crippen LogP contribution is 2.21. The van der Waals surface area contributed by atoms with Crippen LogP contribution in [0.15, 0.2) is 54.6 Å². The van der Waals surface area contributed by atoms with Crippen LogP contribution in [0.4, 0.5) is 0 Å². The van der Waals surface area contributed by atoms with E-state index in [-0.39, 0.29) is 24.4 Å². The Morgan fingerprint density at radius 2 is 1.75 bits per heavy atom. The Hall–Kier alpha value is -2.04. The van der Waals surface area contributed by atoms with Crippen molar-refractivity contribution in [1.29, 1.82) is 0 Å². The molecule has 130 valence electrons. The summed E-state index contributed by atoms with van der Waals surface area (Å²) in [5.74, 6) is 0.427. The predicted molar refractivity (Wildman–Crippen MR) is 99.5 cm³/mol. The lowest BCUT2D eigenvalue weighted by molar-refractivity contribution is -0.124. The van der Waals surface area contributed by atoms with Crippen molar-refractivity contribution in [1.82, 2.24) is 5.32 Å². The Balaban J connectivity index is 0.00000288. The first kappa shape index (κ1) is 20.0. The lowest BCUT2D eigenvalue weighted by Crippen LogP contribution is -2.55. The average molecular weight is 349 g/mol. The van der Waals surface area contributed by atoms with Crippen molar-refractivity contribution < 1.29 is 9.53 Å². The Bertz CT molecular complexity index is 646. The molecule has 0 aromatic heterocycles.